The molecule has 0 aromatic rings. The lowest BCUT2D eigenvalue weighted by atomic mass is 10.0. The second-order valence-corrected chi connectivity index (χ2v) is 5.08. The minimum atomic E-state index is 0.287. The van der Waals surface area contributed by atoms with Crippen molar-refractivity contribution in [2.24, 2.45) is 29.6 Å². The van der Waals surface area contributed by atoms with Crippen molar-refractivity contribution in [2.45, 2.75) is 19.3 Å². The van der Waals surface area contributed by atoms with Crippen LogP contribution in [0.5, 0.6) is 0 Å². The number of rotatable bonds is 4. The Bertz CT molecular complexity index is 190. The van der Waals surface area contributed by atoms with Crippen LogP contribution in [-0.2, 0) is 0 Å². The Hall–Kier alpha value is -0.0800. The number of nitrogens with one attached hydrogen (secondary N) is 1. The van der Waals surface area contributed by atoms with Crippen molar-refractivity contribution in [1.29, 1.82) is 0 Å². The van der Waals surface area contributed by atoms with Crippen LogP contribution >= 0.6 is 0 Å². The quantitative estimate of drug-likeness (QED) is 0.630. The molecule has 0 amide bonds. The molecule has 2 N–H and O–H groups in total. The first-order valence-corrected chi connectivity index (χ1v) is 5.73. The van der Waals surface area contributed by atoms with Crippen LogP contribution in [0.3, 0.4) is 0 Å². The van der Waals surface area contributed by atoms with Gasteiger partial charge >= 0.3 is 0 Å². The third-order valence-corrected chi connectivity index (χ3v) is 4.56. The molecular weight excluding hydrogens is 162 g/mol. The lowest BCUT2D eigenvalue weighted by Gasteiger charge is -2.08. The van der Waals surface area contributed by atoms with Gasteiger partial charge in [0.25, 0.3) is 0 Å². The Morgan fingerprint density at radius 2 is 1.85 bits per heavy atom. The minimum absolute atomic E-state index is 0.287. The second kappa shape index (κ2) is 2.96. The predicted molar refractivity (Wildman–Crippen MR) is 51.3 cm³/mol. The van der Waals surface area contributed by atoms with Gasteiger partial charge in [0.1, 0.15) is 0 Å². The average Bonchev–Trinajstić information content (AvgIpc) is 2.58. The first-order valence-electron chi connectivity index (χ1n) is 5.73. The number of aliphatic hydroxyl groups excluding tert-OH is 1. The third-order valence-electron chi connectivity index (χ3n) is 4.56. The lowest BCUT2D eigenvalue weighted by molar-refractivity contribution is 0.289. The smallest absolute Gasteiger partial charge is 0.0555 e. The summed E-state index contributed by atoms with van der Waals surface area (Å²) >= 11 is 0. The normalized spacial score (nSPS) is 51.0. The largest absolute Gasteiger partial charge is 0.395 e. The molecule has 2 bridgehead atoms. The van der Waals surface area contributed by atoms with Gasteiger partial charge in [0.05, 0.1) is 6.61 Å². The highest BCUT2D eigenvalue weighted by molar-refractivity contribution is 5.13. The Morgan fingerprint density at radius 3 is 2.46 bits per heavy atom. The summed E-state index contributed by atoms with van der Waals surface area (Å²) in [5.41, 5.74) is 0. The van der Waals surface area contributed by atoms with E-state index in [0.717, 1.165) is 36.1 Å². The van der Waals surface area contributed by atoms with Gasteiger partial charge in [-0.2, -0.15) is 0 Å². The molecule has 0 aliphatic heterocycles. The van der Waals surface area contributed by atoms with Crippen LogP contribution in [0.15, 0.2) is 0 Å². The molecule has 4 unspecified atom stereocenters. The monoisotopic (exact) mass is 181 g/mol. The van der Waals surface area contributed by atoms with Crippen LogP contribution in [0, 0.1) is 29.6 Å². The Balaban J connectivity index is 1.50. The van der Waals surface area contributed by atoms with E-state index in [-0.39, 0.29) is 6.61 Å². The molecule has 3 rings (SSSR count). The van der Waals surface area contributed by atoms with Gasteiger partial charge in [0, 0.05) is 6.54 Å². The van der Waals surface area contributed by atoms with Gasteiger partial charge in [0.2, 0.25) is 0 Å². The van der Waals surface area contributed by atoms with E-state index >= 15 is 0 Å². The SMILES string of the molecule is OCCNCC1C2C3CCC(C3)C12. The lowest BCUT2D eigenvalue weighted by Crippen LogP contribution is -2.22. The molecule has 3 aliphatic carbocycles. The van der Waals surface area contributed by atoms with Crippen LogP contribution in [0.4, 0.5) is 0 Å². The van der Waals surface area contributed by atoms with Crippen molar-refractivity contribution in [1.82, 2.24) is 5.32 Å². The van der Waals surface area contributed by atoms with Crippen molar-refractivity contribution in [3.8, 4) is 0 Å². The molecule has 0 saturated heterocycles. The number of aliphatic hydroxyl groups is 1. The molecule has 4 atom stereocenters. The van der Waals surface area contributed by atoms with E-state index in [1.807, 2.05) is 0 Å². The fourth-order valence-electron chi connectivity index (χ4n) is 4.13. The zero-order valence-corrected chi connectivity index (χ0v) is 8.08. The van der Waals surface area contributed by atoms with Crippen LogP contribution < -0.4 is 5.32 Å². The molecule has 2 heteroatoms. The second-order valence-electron chi connectivity index (χ2n) is 5.08. The maximum atomic E-state index is 8.66. The Kier molecular flexibility index (Phi) is 1.88. The van der Waals surface area contributed by atoms with Crippen LogP contribution in [0.25, 0.3) is 0 Å². The molecule has 74 valence electrons. The van der Waals surface area contributed by atoms with E-state index in [9.17, 15) is 0 Å². The topological polar surface area (TPSA) is 32.3 Å². The van der Waals surface area contributed by atoms with Crippen molar-refractivity contribution in [2.75, 3.05) is 19.7 Å². The zero-order valence-electron chi connectivity index (χ0n) is 8.08. The molecule has 0 spiro atoms. The van der Waals surface area contributed by atoms with Gasteiger partial charge in [-0.3, -0.25) is 0 Å². The van der Waals surface area contributed by atoms with Gasteiger partial charge in [0.15, 0.2) is 0 Å². The van der Waals surface area contributed by atoms with Gasteiger partial charge in [-0.05, 0) is 55.4 Å². The van der Waals surface area contributed by atoms with Gasteiger partial charge in [-0.1, -0.05) is 0 Å². The molecule has 3 fully saturated rings. The van der Waals surface area contributed by atoms with Crippen molar-refractivity contribution < 1.29 is 5.11 Å². The minimum Gasteiger partial charge on any atom is -0.395 e. The van der Waals surface area contributed by atoms with Crippen LogP contribution in [0.1, 0.15) is 19.3 Å². The maximum Gasteiger partial charge on any atom is 0.0555 e. The fourth-order valence-corrected chi connectivity index (χ4v) is 4.13. The molecule has 13 heavy (non-hydrogen) atoms. The van der Waals surface area contributed by atoms with Crippen LogP contribution in [-0.4, -0.2) is 24.8 Å². The maximum absolute atomic E-state index is 8.66. The van der Waals surface area contributed by atoms with Gasteiger partial charge in [-0.25, -0.2) is 0 Å². The molecule has 3 aliphatic rings. The van der Waals surface area contributed by atoms with Crippen molar-refractivity contribution >= 4 is 0 Å². The fraction of sp³-hybridized carbons (Fsp3) is 1.00. The highest BCUT2D eigenvalue weighted by Crippen LogP contribution is 2.69. The van der Waals surface area contributed by atoms with E-state index in [2.05, 4.69) is 5.32 Å². The standard InChI is InChI=1S/C11H19NO/c13-4-3-12-6-9-10-7-1-2-8(5-7)11(9)10/h7-13H,1-6H2. The highest BCUT2D eigenvalue weighted by atomic mass is 16.3. The van der Waals surface area contributed by atoms with Gasteiger partial charge < -0.3 is 10.4 Å². The summed E-state index contributed by atoms with van der Waals surface area (Å²) in [6.07, 6.45) is 4.58. The molecular formula is C11H19NO. The number of hydrogen-bond acceptors (Lipinski definition) is 2. The first-order chi connectivity index (χ1) is 6.42. The first kappa shape index (κ1) is 8.25. The summed E-state index contributed by atoms with van der Waals surface area (Å²) in [6, 6.07) is 0. The predicted octanol–water partition coefficient (Wildman–Crippen LogP) is 0.860. The summed E-state index contributed by atoms with van der Waals surface area (Å²) in [5, 5.41) is 12.0. The Morgan fingerprint density at radius 1 is 1.15 bits per heavy atom. The Labute approximate surface area is 79.7 Å². The number of fused-ring (bicyclic) bond motifs is 5. The summed E-state index contributed by atoms with van der Waals surface area (Å²) < 4.78 is 0. The molecule has 0 aromatic heterocycles. The summed E-state index contributed by atoms with van der Waals surface area (Å²) in [5.74, 6) is 5.35. The van der Waals surface area contributed by atoms with E-state index < -0.39 is 0 Å². The van der Waals surface area contributed by atoms with E-state index in [1.165, 1.54) is 19.4 Å². The summed E-state index contributed by atoms with van der Waals surface area (Å²) in [6.45, 7) is 2.24. The summed E-state index contributed by atoms with van der Waals surface area (Å²) in [4.78, 5) is 0. The molecule has 2 nitrogen and oxygen atoms in total. The van der Waals surface area contributed by atoms with Crippen molar-refractivity contribution in [3.63, 3.8) is 0 Å². The van der Waals surface area contributed by atoms with E-state index in [0.29, 0.717) is 0 Å². The average molecular weight is 181 g/mol. The van der Waals surface area contributed by atoms with Crippen molar-refractivity contribution in [3.05, 3.63) is 0 Å². The van der Waals surface area contributed by atoms with Crippen LogP contribution in [0.2, 0.25) is 0 Å². The molecule has 3 saturated carbocycles. The van der Waals surface area contributed by atoms with Gasteiger partial charge in [-0.15, -0.1) is 0 Å². The van der Waals surface area contributed by atoms with E-state index in [1.54, 1.807) is 6.42 Å². The third kappa shape index (κ3) is 1.15. The van der Waals surface area contributed by atoms with E-state index in [4.69, 9.17) is 5.11 Å². The molecule has 0 heterocycles. The highest BCUT2D eigenvalue weighted by Gasteiger charge is 2.64. The molecule has 0 aromatic carbocycles. The number of hydrogen-bond donors (Lipinski definition) is 2. The summed E-state index contributed by atoms with van der Waals surface area (Å²) in [7, 11) is 0. The molecule has 0 radical (unpaired) electrons. The zero-order chi connectivity index (χ0) is 8.84.